The molecule has 2 aliphatic heterocycles. The second-order valence-electron chi connectivity index (χ2n) is 7.81. The number of nitrogens with zero attached hydrogens (tertiary/aromatic N) is 3. The summed E-state index contributed by atoms with van der Waals surface area (Å²) in [6.07, 6.45) is 4.60. The van der Waals surface area contributed by atoms with Crippen LogP contribution in [0.5, 0.6) is 5.75 Å². The van der Waals surface area contributed by atoms with Gasteiger partial charge in [0, 0.05) is 45.9 Å². The molecule has 0 bridgehead atoms. The Morgan fingerprint density at radius 2 is 1.90 bits per heavy atom. The summed E-state index contributed by atoms with van der Waals surface area (Å²) in [4.78, 5) is 9.11. The topological polar surface area (TPSA) is 49.3 Å². The average molecular weight is 411 g/mol. The zero-order valence-electron chi connectivity index (χ0n) is 17.4. The van der Waals surface area contributed by atoms with Crippen LogP contribution in [0, 0.1) is 0 Å². The minimum atomic E-state index is -2.81. The minimum absolute atomic E-state index is 0.125. The summed E-state index contributed by atoms with van der Waals surface area (Å²) in [5.41, 5.74) is 1.12. The fourth-order valence-corrected chi connectivity index (χ4v) is 4.30. The minimum Gasteiger partial charge on any atom is -0.435 e. The Morgan fingerprint density at radius 1 is 1.24 bits per heavy atom. The summed E-state index contributed by atoms with van der Waals surface area (Å²) < 4.78 is 34.6. The number of nitrogens with one attached hydrogen (secondary N) is 1. The molecule has 2 aliphatic rings. The third kappa shape index (κ3) is 5.79. The molecule has 0 aliphatic carbocycles. The molecule has 6 nitrogen and oxygen atoms in total. The first-order valence-electron chi connectivity index (χ1n) is 10.3. The largest absolute Gasteiger partial charge is 0.435 e. The van der Waals surface area contributed by atoms with Gasteiger partial charge in [0.2, 0.25) is 0 Å². The smallest absolute Gasteiger partial charge is 0.387 e. The highest BCUT2D eigenvalue weighted by Crippen LogP contribution is 2.30. The lowest BCUT2D eigenvalue weighted by Gasteiger charge is -2.45. The SMILES string of the molecule is CN=C(NCC1(N2CCCC2)CCOCC1)N(C)Cc1ccc(OC(F)F)cc1. The van der Waals surface area contributed by atoms with Crippen molar-refractivity contribution in [3.05, 3.63) is 29.8 Å². The lowest BCUT2D eigenvalue weighted by Crippen LogP contribution is -2.58. The molecule has 2 fully saturated rings. The maximum atomic E-state index is 12.3. The Kier molecular flexibility index (Phi) is 7.66. The average Bonchev–Trinajstić information content (AvgIpc) is 3.26. The van der Waals surface area contributed by atoms with Crippen LogP contribution < -0.4 is 10.1 Å². The number of ether oxygens (including phenoxy) is 2. The van der Waals surface area contributed by atoms with Gasteiger partial charge >= 0.3 is 6.61 Å². The third-order valence-corrected chi connectivity index (χ3v) is 5.92. The van der Waals surface area contributed by atoms with Gasteiger partial charge in [0.1, 0.15) is 5.75 Å². The van der Waals surface area contributed by atoms with Crippen LogP contribution in [-0.4, -0.2) is 74.9 Å². The molecule has 2 saturated heterocycles. The summed E-state index contributed by atoms with van der Waals surface area (Å²) in [6.45, 7) is 2.58. The number of rotatable bonds is 7. The molecule has 0 spiro atoms. The predicted octanol–water partition coefficient (Wildman–Crippen LogP) is 2.94. The van der Waals surface area contributed by atoms with E-state index in [9.17, 15) is 8.78 Å². The van der Waals surface area contributed by atoms with E-state index in [1.54, 1.807) is 31.3 Å². The molecule has 1 aromatic rings. The van der Waals surface area contributed by atoms with E-state index in [-0.39, 0.29) is 11.3 Å². The molecule has 1 N–H and O–H groups in total. The lowest BCUT2D eigenvalue weighted by molar-refractivity contribution is -0.0498. The highest BCUT2D eigenvalue weighted by Gasteiger charge is 2.39. The zero-order valence-corrected chi connectivity index (χ0v) is 17.4. The molecular weight excluding hydrogens is 378 g/mol. The predicted molar refractivity (Wildman–Crippen MR) is 109 cm³/mol. The normalized spacial score (nSPS) is 20.1. The van der Waals surface area contributed by atoms with Gasteiger partial charge in [-0.25, -0.2) is 0 Å². The molecule has 2 heterocycles. The standard InChI is InChI=1S/C21H32F2N4O2/c1-24-20(26(2)15-17-5-7-18(8-6-17)29-19(22)23)25-16-21(9-13-28-14-10-21)27-11-3-4-12-27/h5-8,19H,3-4,9-16H2,1-2H3,(H,24,25). The number of aliphatic imine (C=N–C) groups is 1. The van der Waals surface area contributed by atoms with Crippen LogP contribution in [0.25, 0.3) is 0 Å². The van der Waals surface area contributed by atoms with Crippen LogP contribution in [0.4, 0.5) is 8.78 Å². The van der Waals surface area contributed by atoms with Crippen LogP contribution in [0.15, 0.2) is 29.3 Å². The van der Waals surface area contributed by atoms with Crippen LogP contribution >= 0.6 is 0 Å². The van der Waals surface area contributed by atoms with Crippen molar-refractivity contribution in [1.29, 1.82) is 0 Å². The number of alkyl halides is 2. The van der Waals surface area contributed by atoms with Crippen molar-refractivity contribution in [3.63, 3.8) is 0 Å². The monoisotopic (exact) mass is 410 g/mol. The van der Waals surface area contributed by atoms with Gasteiger partial charge in [-0.05, 0) is 56.5 Å². The van der Waals surface area contributed by atoms with Crippen LogP contribution in [0.1, 0.15) is 31.2 Å². The van der Waals surface area contributed by atoms with Gasteiger partial charge in [0.25, 0.3) is 0 Å². The number of guanidine groups is 1. The molecule has 0 amide bonds. The fraction of sp³-hybridized carbons (Fsp3) is 0.667. The Balaban J connectivity index is 1.58. The number of likely N-dealkylation sites (tertiary alicyclic amines) is 1. The van der Waals surface area contributed by atoms with Gasteiger partial charge in [0.05, 0.1) is 0 Å². The Labute approximate surface area is 171 Å². The first-order valence-corrected chi connectivity index (χ1v) is 10.3. The van der Waals surface area contributed by atoms with E-state index in [0.717, 1.165) is 57.2 Å². The van der Waals surface area contributed by atoms with Crippen molar-refractivity contribution >= 4 is 5.96 Å². The number of hydrogen-bond acceptors (Lipinski definition) is 4. The fourth-order valence-electron chi connectivity index (χ4n) is 4.30. The van der Waals surface area contributed by atoms with Crippen molar-refractivity contribution in [2.24, 2.45) is 4.99 Å². The summed E-state index contributed by atoms with van der Waals surface area (Å²) in [5.74, 6) is 0.990. The third-order valence-electron chi connectivity index (χ3n) is 5.92. The Bertz CT molecular complexity index is 657. The molecule has 0 atom stereocenters. The molecule has 0 saturated carbocycles. The quantitative estimate of drug-likeness (QED) is 0.553. The van der Waals surface area contributed by atoms with E-state index in [1.165, 1.54) is 12.8 Å². The Morgan fingerprint density at radius 3 is 2.48 bits per heavy atom. The van der Waals surface area contributed by atoms with Gasteiger partial charge < -0.3 is 19.7 Å². The van der Waals surface area contributed by atoms with Crippen LogP contribution in [0.2, 0.25) is 0 Å². The van der Waals surface area contributed by atoms with Gasteiger partial charge in [-0.3, -0.25) is 9.89 Å². The van der Waals surface area contributed by atoms with Gasteiger partial charge in [-0.2, -0.15) is 8.78 Å². The molecule has 1 aromatic carbocycles. The van der Waals surface area contributed by atoms with E-state index in [1.807, 2.05) is 11.9 Å². The number of halogens is 2. The van der Waals surface area contributed by atoms with Crippen molar-refractivity contribution in [1.82, 2.24) is 15.1 Å². The highest BCUT2D eigenvalue weighted by atomic mass is 19.3. The second-order valence-corrected chi connectivity index (χ2v) is 7.81. The van der Waals surface area contributed by atoms with E-state index >= 15 is 0 Å². The van der Waals surface area contributed by atoms with Crippen molar-refractivity contribution in [2.75, 3.05) is 46.9 Å². The zero-order chi connectivity index (χ0) is 20.7. The molecule has 3 rings (SSSR count). The van der Waals surface area contributed by atoms with E-state index in [2.05, 4.69) is 19.9 Å². The molecule has 8 heteroatoms. The molecule has 0 unspecified atom stereocenters. The first kappa shape index (κ1) is 21.8. The summed E-state index contributed by atoms with van der Waals surface area (Å²) in [7, 11) is 3.76. The number of hydrogen-bond donors (Lipinski definition) is 1. The maximum absolute atomic E-state index is 12.3. The van der Waals surface area contributed by atoms with Gasteiger partial charge in [0.15, 0.2) is 5.96 Å². The molecular formula is C21H32F2N4O2. The number of benzene rings is 1. The summed E-state index contributed by atoms with van der Waals surface area (Å²) in [5, 5.41) is 3.57. The molecule has 162 valence electrons. The van der Waals surface area contributed by atoms with E-state index < -0.39 is 6.61 Å². The van der Waals surface area contributed by atoms with E-state index in [0.29, 0.717) is 6.54 Å². The van der Waals surface area contributed by atoms with Crippen LogP contribution in [-0.2, 0) is 11.3 Å². The molecule has 29 heavy (non-hydrogen) atoms. The first-order chi connectivity index (χ1) is 14.0. The van der Waals surface area contributed by atoms with Gasteiger partial charge in [-0.1, -0.05) is 12.1 Å². The van der Waals surface area contributed by atoms with Gasteiger partial charge in [-0.15, -0.1) is 0 Å². The highest BCUT2D eigenvalue weighted by molar-refractivity contribution is 5.79. The van der Waals surface area contributed by atoms with E-state index in [4.69, 9.17) is 4.74 Å². The van der Waals surface area contributed by atoms with Crippen molar-refractivity contribution < 1.29 is 18.3 Å². The van der Waals surface area contributed by atoms with Crippen molar-refractivity contribution in [2.45, 2.75) is 44.4 Å². The maximum Gasteiger partial charge on any atom is 0.387 e. The summed E-state index contributed by atoms with van der Waals surface area (Å²) in [6, 6.07) is 6.73. The van der Waals surface area contributed by atoms with Crippen LogP contribution in [0.3, 0.4) is 0 Å². The Hall–Kier alpha value is -1.93. The summed E-state index contributed by atoms with van der Waals surface area (Å²) >= 11 is 0. The molecule has 0 radical (unpaired) electrons. The lowest BCUT2D eigenvalue weighted by atomic mass is 9.88. The van der Waals surface area contributed by atoms with Crippen molar-refractivity contribution in [3.8, 4) is 5.75 Å². The molecule has 0 aromatic heterocycles. The second kappa shape index (κ2) is 10.2.